The Morgan fingerprint density at radius 2 is 1.62 bits per heavy atom. The summed E-state index contributed by atoms with van der Waals surface area (Å²) in [6, 6.07) is 0. The quantitative estimate of drug-likeness (QED) is 0.524. The van der Waals surface area contributed by atoms with Crippen LogP contribution in [-0.2, 0) is 0 Å². The summed E-state index contributed by atoms with van der Waals surface area (Å²) in [5.41, 5.74) is 2.67. The summed E-state index contributed by atoms with van der Waals surface area (Å²) < 4.78 is 0. The first-order chi connectivity index (χ1) is 5.81. The molecule has 0 amide bonds. The molecule has 0 unspecified atom stereocenters. The van der Waals surface area contributed by atoms with Crippen molar-refractivity contribution in [3.8, 4) is 0 Å². The van der Waals surface area contributed by atoms with E-state index in [0.29, 0.717) is 16.2 Å². The lowest BCUT2D eigenvalue weighted by atomic mass is 9.39. The summed E-state index contributed by atoms with van der Waals surface area (Å²) in [4.78, 5) is 0. The molecule has 2 rings (SSSR count). The largest absolute Gasteiger partial charge is 0.0732 e. The monoisotopic (exact) mass is 176 g/mol. The molecular weight excluding hydrogens is 156 g/mol. The molecule has 2 aliphatic rings. The standard InChI is InChI=1S/C13H20/c1-10-6-7-13(8-10)11(2,3)9-12(13,4)5/h6-8H,9H2,1-5H3. The van der Waals surface area contributed by atoms with Crippen LogP contribution in [0.4, 0.5) is 0 Å². The molecule has 1 spiro atoms. The maximum absolute atomic E-state index is 2.47. The molecule has 0 heterocycles. The lowest BCUT2D eigenvalue weighted by Gasteiger charge is -2.65. The smallest absolute Gasteiger partial charge is 0.0172 e. The third-order valence-corrected chi connectivity index (χ3v) is 4.19. The van der Waals surface area contributed by atoms with Gasteiger partial charge in [0, 0.05) is 5.41 Å². The summed E-state index contributed by atoms with van der Waals surface area (Å²) in [6.07, 6.45) is 8.50. The van der Waals surface area contributed by atoms with E-state index < -0.39 is 0 Å². The minimum Gasteiger partial charge on any atom is -0.0732 e. The van der Waals surface area contributed by atoms with Crippen LogP contribution in [0, 0.1) is 16.2 Å². The number of rotatable bonds is 0. The molecule has 0 radical (unpaired) electrons. The second-order valence-corrected chi connectivity index (χ2v) is 6.04. The Labute approximate surface area is 81.7 Å². The van der Waals surface area contributed by atoms with Gasteiger partial charge >= 0.3 is 0 Å². The van der Waals surface area contributed by atoms with E-state index in [4.69, 9.17) is 0 Å². The minimum atomic E-state index is 0.337. The van der Waals surface area contributed by atoms with Gasteiger partial charge in [0.2, 0.25) is 0 Å². The van der Waals surface area contributed by atoms with E-state index in [9.17, 15) is 0 Å². The van der Waals surface area contributed by atoms with E-state index in [2.05, 4.69) is 52.8 Å². The average molecular weight is 176 g/mol. The highest BCUT2D eigenvalue weighted by Gasteiger charge is 2.62. The fourth-order valence-electron chi connectivity index (χ4n) is 3.77. The fourth-order valence-corrected chi connectivity index (χ4v) is 3.77. The number of hydrogen-bond acceptors (Lipinski definition) is 0. The lowest BCUT2D eigenvalue weighted by Crippen LogP contribution is -2.58. The van der Waals surface area contributed by atoms with Crippen molar-refractivity contribution in [2.75, 3.05) is 0 Å². The molecule has 1 saturated carbocycles. The molecule has 0 nitrogen and oxygen atoms in total. The van der Waals surface area contributed by atoms with Gasteiger partial charge in [-0.1, -0.05) is 51.5 Å². The first kappa shape index (κ1) is 9.05. The van der Waals surface area contributed by atoms with Crippen LogP contribution in [0.25, 0.3) is 0 Å². The van der Waals surface area contributed by atoms with Gasteiger partial charge < -0.3 is 0 Å². The van der Waals surface area contributed by atoms with Gasteiger partial charge in [-0.05, 0) is 24.2 Å². The van der Waals surface area contributed by atoms with Gasteiger partial charge in [0.05, 0.1) is 0 Å². The van der Waals surface area contributed by atoms with Crippen molar-refractivity contribution < 1.29 is 0 Å². The first-order valence-electron chi connectivity index (χ1n) is 5.20. The van der Waals surface area contributed by atoms with Gasteiger partial charge in [0.25, 0.3) is 0 Å². The second kappa shape index (κ2) is 2.10. The molecule has 0 aliphatic heterocycles. The van der Waals surface area contributed by atoms with Gasteiger partial charge in [-0.2, -0.15) is 0 Å². The van der Waals surface area contributed by atoms with E-state index in [1.165, 1.54) is 12.0 Å². The van der Waals surface area contributed by atoms with E-state index >= 15 is 0 Å². The van der Waals surface area contributed by atoms with Crippen LogP contribution >= 0.6 is 0 Å². The van der Waals surface area contributed by atoms with E-state index in [-0.39, 0.29) is 0 Å². The molecule has 72 valence electrons. The summed E-state index contributed by atoms with van der Waals surface area (Å²) in [5, 5.41) is 0. The first-order valence-corrected chi connectivity index (χ1v) is 5.20. The molecule has 0 aromatic rings. The van der Waals surface area contributed by atoms with Crippen molar-refractivity contribution in [1.82, 2.24) is 0 Å². The summed E-state index contributed by atoms with van der Waals surface area (Å²) in [6.45, 7) is 11.8. The third-order valence-electron chi connectivity index (χ3n) is 4.19. The maximum atomic E-state index is 2.47. The third kappa shape index (κ3) is 0.868. The fraction of sp³-hybridized carbons (Fsp3) is 0.692. The highest BCUT2D eigenvalue weighted by molar-refractivity contribution is 5.41. The zero-order chi connectivity index (χ0) is 9.91. The van der Waals surface area contributed by atoms with Crippen molar-refractivity contribution in [2.45, 2.75) is 41.0 Å². The molecule has 13 heavy (non-hydrogen) atoms. The van der Waals surface area contributed by atoms with Crippen molar-refractivity contribution in [1.29, 1.82) is 0 Å². The van der Waals surface area contributed by atoms with Crippen LogP contribution < -0.4 is 0 Å². The Morgan fingerprint density at radius 1 is 1.08 bits per heavy atom. The molecule has 0 atom stereocenters. The highest BCUT2D eigenvalue weighted by atomic mass is 14.7. The minimum absolute atomic E-state index is 0.337. The molecule has 0 N–H and O–H groups in total. The van der Waals surface area contributed by atoms with Crippen molar-refractivity contribution >= 4 is 0 Å². The maximum Gasteiger partial charge on any atom is 0.0172 e. The Bertz CT molecular complexity index is 286. The molecule has 0 bridgehead atoms. The van der Waals surface area contributed by atoms with Crippen molar-refractivity contribution in [3.05, 3.63) is 23.8 Å². The van der Waals surface area contributed by atoms with Crippen molar-refractivity contribution in [2.24, 2.45) is 16.2 Å². The highest BCUT2D eigenvalue weighted by Crippen LogP contribution is 2.70. The molecule has 0 aromatic heterocycles. The number of hydrogen-bond donors (Lipinski definition) is 0. The average Bonchev–Trinajstić information content (AvgIpc) is 2.31. The van der Waals surface area contributed by atoms with Crippen LogP contribution in [0.15, 0.2) is 23.8 Å². The van der Waals surface area contributed by atoms with Crippen LogP contribution in [0.5, 0.6) is 0 Å². The summed E-state index contributed by atoms with van der Waals surface area (Å²) >= 11 is 0. The van der Waals surface area contributed by atoms with Crippen molar-refractivity contribution in [3.63, 3.8) is 0 Å². The molecule has 0 heteroatoms. The van der Waals surface area contributed by atoms with Crippen LogP contribution in [-0.4, -0.2) is 0 Å². The second-order valence-electron chi connectivity index (χ2n) is 6.04. The van der Waals surface area contributed by atoms with Crippen LogP contribution in [0.1, 0.15) is 41.0 Å². The summed E-state index contributed by atoms with van der Waals surface area (Å²) in [5.74, 6) is 0. The molecule has 0 aromatic carbocycles. The Hall–Kier alpha value is -0.520. The molecule has 2 aliphatic carbocycles. The van der Waals surface area contributed by atoms with Gasteiger partial charge in [0.15, 0.2) is 0 Å². The predicted molar refractivity (Wildman–Crippen MR) is 57.5 cm³/mol. The summed E-state index contributed by atoms with van der Waals surface area (Å²) in [7, 11) is 0. The van der Waals surface area contributed by atoms with Crippen LogP contribution in [0.2, 0.25) is 0 Å². The zero-order valence-electron chi connectivity index (χ0n) is 9.44. The van der Waals surface area contributed by atoms with Gasteiger partial charge in [-0.3, -0.25) is 0 Å². The Balaban J connectivity index is 2.47. The van der Waals surface area contributed by atoms with E-state index in [0.717, 1.165) is 0 Å². The molecule has 1 fully saturated rings. The number of allylic oxidation sites excluding steroid dienone is 4. The van der Waals surface area contributed by atoms with E-state index in [1.54, 1.807) is 0 Å². The SMILES string of the molecule is CC1=CC2(C=C1)C(C)(C)CC2(C)C. The van der Waals surface area contributed by atoms with Gasteiger partial charge in [-0.15, -0.1) is 0 Å². The molecule has 0 saturated heterocycles. The van der Waals surface area contributed by atoms with Gasteiger partial charge in [-0.25, -0.2) is 0 Å². The Morgan fingerprint density at radius 3 is 1.85 bits per heavy atom. The van der Waals surface area contributed by atoms with Gasteiger partial charge in [0.1, 0.15) is 0 Å². The zero-order valence-corrected chi connectivity index (χ0v) is 9.44. The predicted octanol–water partition coefficient (Wildman–Crippen LogP) is 3.95. The molecular formula is C13H20. The van der Waals surface area contributed by atoms with Crippen LogP contribution in [0.3, 0.4) is 0 Å². The normalized spacial score (nSPS) is 31.6. The Kier molecular flexibility index (Phi) is 1.46. The lowest BCUT2D eigenvalue weighted by molar-refractivity contribution is -0.109. The van der Waals surface area contributed by atoms with E-state index in [1.807, 2.05) is 0 Å². The topological polar surface area (TPSA) is 0 Å².